The first-order valence-electron chi connectivity index (χ1n) is 6.15. The lowest BCUT2D eigenvalue weighted by molar-refractivity contribution is 0.233. The Labute approximate surface area is 105 Å². The maximum absolute atomic E-state index is 12.4. The highest BCUT2D eigenvalue weighted by Gasteiger charge is 2.44. The van der Waals surface area contributed by atoms with E-state index < -0.39 is 11.0 Å². The molecule has 1 N–H and O–H groups in total. The number of likely N-dealkylation sites (tertiary alicyclic amines) is 1. The second-order valence-corrected chi connectivity index (χ2v) is 6.65. The van der Waals surface area contributed by atoms with Crippen LogP contribution in [0.2, 0.25) is 0 Å². The highest BCUT2D eigenvalue weighted by atomic mass is 32.2. The number of nitrogens with zero attached hydrogens (tertiary/aromatic N) is 1. The lowest BCUT2D eigenvalue weighted by Crippen LogP contribution is -2.50. The molecule has 1 aromatic rings. The van der Waals surface area contributed by atoms with Crippen molar-refractivity contribution < 1.29 is 4.21 Å². The molecule has 2 heterocycles. The summed E-state index contributed by atoms with van der Waals surface area (Å²) < 4.78 is 15.4. The lowest BCUT2D eigenvalue weighted by Gasteiger charge is -2.43. The van der Waals surface area contributed by atoms with E-state index in [1.807, 2.05) is 0 Å². The maximum Gasteiger partial charge on any atom is 0.103 e. The first-order chi connectivity index (χ1) is 8.22. The molecule has 0 saturated carbocycles. The summed E-state index contributed by atoms with van der Waals surface area (Å²) in [5.74, 6) is 0. The summed E-state index contributed by atoms with van der Waals surface area (Å²) in [5, 5.41) is 0. The molecule has 1 unspecified atom stereocenters. The molecule has 0 radical (unpaired) electrons. The SMILES string of the molecule is CN1CCC2(CC1)c1ccccc1CNS2=O. The van der Waals surface area contributed by atoms with Crippen molar-refractivity contribution >= 4 is 11.0 Å². The predicted octanol–water partition coefficient (Wildman–Crippen LogP) is 1.37. The number of fused-ring (bicyclic) bond motifs is 2. The van der Waals surface area contributed by atoms with Gasteiger partial charge < -0.3 is 4.90 Å². The summed E-state index contributed by atoms with van der Waals surface area (Å²) >= 11 is 0. The summed E-state index contributed by atoms with van der Waals surface area (Å²) in [6, 6.07) is 8.46. The van der Waals surface area contributed by atoms with Gasteiger partial charge in [-0.05, 0) is 44.1 Å². The van der Waals surface area contributed by atoms with Gasteiger partial charge in [0, 0.05) is 6.54 Å². The summed E-state index contributed by atoms with van der Waals surface area (Å²) in [4.78, 5) is 2.32. The number of piperidine rings is 1. The van der Waals surface area contributed by atoms with Crippen molar-refractivity contribution in [1.82, 2.24) is 9.62 Å². The Morgan fingerprint density at radius 1 is 1.29 bits per heavy atom. The van der Waals surface area contributed by atoms with Crippen LogP contribution in [-0.2, 0) is 22.3 Å². The van der Waals surface area contributed by atoms with Crippen molar-refractivity contribution in [3.63, 3.8) is 0 Å². The van der Waals surface area contributed by atoms with Crippen molar-refractivity contribution in [1.29, 1.82) is 0 Å². The molecule has 0 aliphatic carbocycles. The molecule has 1 saturated heterocycles. The fourth-order valence-electron chi connectivity index (χ4n) is 2.93. The van der Waals surface area contributed by atoms with E-state index in [-0.39, 0.29) is 4.75 Å². The highest BCUT2D eigenvalue weighted by Crippen LogP contribution is 2.41. The van der Waals surface area contributed by atoms with E-state index in [2.05, 4.69) is 40.9 Å². The standard InChI is InChI=1S/C13H18N2OS/c1-15-8-6-13(7-9-15)12-5-3-2-4-11(12)10-14-17(13)16/h2-5,14H,6-10H2,1H3. The van der Waals surface area contributed by atoms with E-state index in [1.165, 1.54) is 11.1 Å². The average molecular weight is 250 g/mol. The van der Waals surface area contributed by atoms with Crippen LogP contribution >= 0.6 is 0 Å². The van der Waals surface area contributed by atoms with E-state index in [4.69, 9.17) is 0 Å². The van der Waals surface area contributed by atoms with Crippen molar-refractivity contribution in [2.24, 2.45) is 0 Å². The predicted molar refractivity (Wildman–Crippen MR) is 69.8 cm³/mol. The summed E-state index contributed by atoms with van der Waals surface area (Å²) in [7, 11) is 1.20. The van der Waals surface area contributed by atoms with Gasteiger partial charge >= 0.3 is 0 Å². The molecule has 1 fully saturated rings. The number of benzene rings is 1. The van der Waals surface area contributed by atoms with Gasteiger partial charge in [0.15, 0.2) is 0 Å². The number of hydrogen-bond donors (Lipinski definition) is 1. The molecule has 1 atom stereocenters. The first-order valence-corrected chi connectivity index (χ1v) is 7.30. The van der Waals surface area contributed by atoms with Gasteiger partial charge in [-0.3, -0.25) is 0 Å². The van der Waals surface area contributed by atoms with Gasteiger partial charge in [-0.2, -0.15) is 0 Å². The molecule has 3 nitrogen and oxygen atoms in total. The van der Waals surface area contributed by atoms with Gasteiger partial charge in [-0.1, -0.05) is 24.3 Å². The molecule has 2 aliphatic heterocycles. The minimum Gasteiger partial charge on any atom is -0.306 e. The Balaban J connectivity index is 2.06. The minimum atomic E-state index is -0.938. The molecule has 17 heavy (non-hydrogen) atoms. The van der Waals surface area contributed by atoms with Crippen LogP contribution in [0.1, 0.15) is 24.0 Å². The quantitative estimate of drug-likeness (QED) is 0.754. The third kappa shape index (κ3) is 1.75. The number of hydrogen-bond acceptors (Lipinski definition) is 2. The zero-order chi connectivity index (χ0) is 11.9. The first kappa shape index (κ1) is 11.4. The van der Waals surface area contributed by atoms with Gasteiger partial charge in [0.25, 0.3) is 0 Å². The van der Waals surface area contributed by atoms with Crippen LogP contribution in [0.15, 0.2) is 24.3 Å². The fraction of sp³-hybridized carbons (Fsp3) is 0.538. The molecule has 3 rings (SSSR count). The van der Waals surface area contributed by atoms with E-state index >= 15 is 0 Å². The Hall–Kier alpha value is -0.710. The van der Waals surface area contributed by atoms with E-state index in [1.54, 1.807) is 0 Å². The lowest BCUT2D eigenvalue weighted by atomic mass is 9.85. The average Bonchev–Trinajstić information content (AvgIpc) is 2.37. The topological polar surface area (TPSA) is 32.3 Å². The monoisotopic (exact) mass is 250 g/mol. The van der Waals surface area contributed by atoms with Crippen LogP contribution in [0.3, 0.4) is 0 Å². The Morgan fingerprint density at radius 2 is 2.00 bits per heavy atom. The molecule has 1 spiro atoms. The van der Waals surface area contributed by atoms with Gasteiger partial charge in [-0.25, -0.2) is 8.93 Å². The van der Waals surface area contributed by atoms with Gasteiger partial charge in [-0.15, -0.1) is 0 Å². The van der Waals surface area contributed by atoms with Gasteiger partial charge in [0.05, 0.1) is 4.75 Å². The van der Waals surface area contributed by atoms with Crippen LogP contribution in [0.5, 0.6) is 0 Å². The van der Waals surface area contributed by atoms with Crippen molar-refractivity contribution in [3.05, 3.63) is 35.4 Å². The summed E-state index contributed by atoms with van der Waals surface area (Å²) in [6.07, 6.45) is 1.97. The smallest absolute Gasteiger partial charge is 0.103 e. The molecule has 92 valence electrons. The molecular weight excluding hydrogens is 232 g/mol. The Kier molecular flexibility index (Phi) is 2.81. The molecule has 0 aromatic heterocycles. The fourth-order valence-corrected chi connectivity index (χ4v) is 4.45. The third-order valence-corrected chi connectivity index (χ3v) is 5.80. The molecule has 0 bridgehead atoms. The summed E-state index contributed by atoms with van der Waals surface area (Å²) in [5.41, 5.74) is 2.63. The molecule has 1 aromatic carbocycles. The van der Waals surface area contributed by atoms with Gasteiger partial charge in [0.2, 0.25) is 0 Å². The maximum atomic E-state index is 12.4. The van der Waals surface area contributed by atoms with Crippen LogP contribution in [0.25, 0.3) is 0 Å². The second-order valence-electron chi connectivity index (χ2n) is 5.04. The molecule has 2 aliphatic rings. The van der Waals surface area contributed by atoms with Crippen molar-refractivity contribution in [3.8, 4) is 0 Å². The largest absolute Gasteiger partial charge is 0.306 e. The molecule has 0 amide bonds. The van der Waals surface area contributed by atoms with E-state index in [0.29, 0.717) is 0 Å². The zero-order valence-electron chi connectivity index (χ0n) is 10.1. The van der Waals surface area contributed by atoms with E-state index in [0.717, 1.165) is 32.5 Å². The third-order valence-electron chi connectivity index (χ3n) is 4.05. The number of rotatable bonds is 0. The van der Waals surface area contributed by atoms with Crippen LogP contribution < -0.4 is 4.72 Å². The van der Waals surface area contributed by atoms with Crippen LogP contribution in [0, 0.1) is 0 Å². The highest BCUT2D eigenvalue weighted by molar-refractivity contribution is 7.84. The van der Waals surface area contributed by atoms with Crippen molar-refractivity contribution in [2.45, 2.75) is 24.1 Å². The minimum absolute atomic E-state index is 0.151. The zero-order valence-corrected chi connectivity index (χ0v) is 10.9. The Morgan fingerprint density at radius 3 is 2.76 bits per heavy atom. The normalized spacial score (nSPS) is 27.9. The van der Waals surface area contributed by atoms with Crippen LogP contribution in [0.4, 0.5) is 0 Å². The second kappa shape index (κ2) is 4.19. The molecule has 4 heteroatoms. The number of nitrogens with one attached hydrogen (secondary N) is 1. The Bertz CT molecular complexity index is 452. The molecular formula is C13H18N2OS. The van der Waals surface area contributed by atoms with Gasteiger partial charge in [0.1, 0.15) is 11.0 Å². The van der Waals surface area contributed by atoms with Crippen molar-refractivity contribution in [2.75, 3.05) is 20.1 Å². The van der Waals surface area contributed by atoms with E-state index in [9.17, 15) is 4.21 Å². The summed E-state index contributed by atoms with van der Waals surface area (Å²) in [6.45, 7) is 2.80. The van der Waals surface area contributed by atoms with Crippen LogP contribution in [-0.4, -0.2) is 29.2 Å².